The van der Waals surface area contributed by atoms with Crippen LogP contribution in [0.2, 0.25) is 0 Å². The van der Waals surface area contributed by atoms with Gasteiger partial charge < -0.3 is 15.0 Å². The first-order valence-corrected chi connectivity index (χ1v) is 9.63. The van der Waals surface area contributed by atoms with Crippen LogP contribution in [0.15, 0.2) is 72.8 Å². The lowest BCUT2D eigenvalue weighted by molar-refractivity contribution is 0.152. The minimum absolute atomic E-state index is 0.269. The largest absolute Gasteiger partial charge is 0.448 e. The number of ether oxygens (including phenoxy) is 1. The monoisotopic (exact) mass is 385 g/mol. The number of alkyl carbamates (subject to hydrolysis) is 1. The summed E-state index contributed by atoms with van der Waals surface area (Å²) in [6.45, 7) is 2.90. The molecule has 1 aromatic heterocycles. The van der Waals surface area contributed by atoms with Crippen LogP contribution in [0.1, 0.15) is 5.56 Å². The molecule has 0 atom stereocenters. The number of pyridine rings is 1. The average Bonchev–Trinajstić information content (AvgIpc) is 2.76. The Bertz CT molecular complexity index is 1160. The second kappa shape index (κ2) is 8.19. The molecule has 0 saturated carbocycles. The third-order valence-corrected chi connectivity index (χ3v) is 4.96. The zero-order chi connectivity index (χ0) is 20.2. The molecule has 146 valence electrons. The van der Waals surface area contributed by atoms with Crippen molar-refractivity contribution in [3.8, 4) is 0 Å². The summed E-state index contributed by atoms with van der Waals surface area (Å²) >= 11 is 0. The fraction of sp³-hybridized carbons (Fsp3) is 0.167. The van der Waals surface area contributed by atoms with Gasteiger partial charge in [-0.3, -0.25) is 0 Å². The fourth-order valence-electron chi connectivity index (χ4n) is 3.58. The molecule has 0 saturated heterocycles. The summed E-state index contributed by atoms with van der Waals surface area (Å²) in [4.78, 5) is 18.6. The van der Waals surface area contributed by atoms with E-state index in [1.807, 2.05) is 36.4 Å². The number of aromatic nitrogens is 1. The quantitative estimate of drug-likeness (QED) is 0.480. The summed E-state index contributed by atoms with van der Waals surface area (Å²) in [5.41, 5.74) is 5.17. The minimum Gasteiger partial charge on any atom is -0.448 e. The molecule has 5 heteroatoms. The van der Waals surface area contributed by atoms with Crippen molar-refractivity contribution in [3.05, 3.63) is 78.4 Å². The molecule has 4 rings (SSSR count). The van der Waals surface area contributed by atoms with Crippen molar-refractivity contribution in [1.82, 2.24) is 10.3 Å². The number of fused-ring (bicyclic) bond motifs is 2. The number of hydrogen-bond donors (Lipinski definition) is 1. The van der Waals surface area contributed by atoms with Gasteiger partial charge in [0.2, 0.25) is 0 Å². The van der Waals surface area contributed by atoms with E-state index >= 15 is 0 Å². The van der Waals surface area contributed by atoms with Gasteiger partial charge in [-0.25, -0.2) is 9.78 Å². The van der Waals surface area contributed by atoms with Crippen LogP contribution in [0.4, 0.5) is 16.2 Å². The van der Waals surface area contributed by atoms with Gasteiger partial charge in [0.15, 0.2) is 0 Å². The van der Waals surface area contributed by atoms with Gasteiger partial charge in [-0.1, -0.05) is 42.5 Å². The number of para-hydroxylation sites is 2. The van der Waals surface area contributed by atoms with Gasteiger partial charge in [0.1, 0.15) is 6.61 Å². The van der Waals surface area contributed by atoms with E-state index < -0.39 is 6.09 Å². The molecule has 5 nitrogen and oxygen atoms in total. The number of carbonyl (C=O) groups excluding carboxylic acids is 1. The number of nitrogens with zero attached hydrogens (tertiary/aromatic N) is 2. The molecule has 1 N–H and O–H groups in total. The van der Waals surface area contributed by atoms with E-state index in [9.17, 15) is 4.79 Å². The Balaban J connectivity index is 1.85. The molecule has 0 spiro atoms. The van der Waals surface area contributed by atoms with E-state index in [1.165, 1.54) is 0 Å². The van der Waals surface area contributed by atoms with Gasteiger partial charge in [-0.15, -0.1) is 0 Å². The number of nitrogens with one attached hydrogen (secondary N) is 1. The van der Waals surface area contributed by atoms with Crippen LogP contribution in [-0.4, -0.2) is 31.3 Å². The van der Waals surface area contributed by atoms with Gasteiger partial charge in [-0.05, 0) is 42.8 Å². The molecule has 29 heavy (non-hydrogen) atoms. The smallest absolute Gasteiger partial charge is 0.406 e. The second-order valence-corrected chi connectivity index (χ2v) is 6.85. The SMILES string of the molecule is CNC(=O)OCCN(c1ccccc1)c1c(C)ccc2nc3ccccc3cc12. The Morgan fingerprint density at radius 3 is 2.55 bits per heavy atom. The van der Waals surface area contributed by atoms with Crippen molar-refractivity contribution in [2.24, 2.45) is 0 Å². The predicted octanol–water partition coefficient (Wildman–Crippen LogP) is 5.19. The molecule has 0 fully saturated rings. The van der Waals surface area contributed by atoms with Crippen LogP contribution in [-0.2, 0) is 4.74 Å². The van der Waals surface area contributed by atoms with E-state index in [0.29, 0.717) is 6.54 Å². The Morgan fingerprint density at radius 1 is 1.00 bits per heavy atom. The number of hydrogen-bond acceptors (Lipinski definition) is 4. The summed E-state index contributed by atoms with van der Waals surface area (Å²) in [5.74, 6) is 0. The molecule has 4 aromatic rings. The van der Waals surface area contributed by atoms with Crippen LogP contribution in [0.3, 0.4) is 0 Å². The van der Waals surface area contributed by atoms with Crippen LogP contribution in [0.25, 0.3) is 21.8 Å². The maximum atomic E-state index is 11.5. The Hall–Kier alpha value is -3.60. The zero-order valence-electron chi connectivity index (χ0n) is 16.6. The van der Waals surface area contributed by atoms with E-state index in [2.05, 4.69) is 53.5 Å². The first kappa shape index (κ1) is 18.7. The lowest BCUT2D eigenvalue weighted by Crippen LogP contribution is -2.27. The van der Waals surface area contributed by atoms with E-state index in [1.54, 1.807) is 7.05 Å². The van der Waals surface area contributed by atoms with Crippen molar-refractivity contribution in [1.29, 1.82) is 0 Å². The van der Waals surface area contributed by atoms with Crippen molar-refractivity contribution < 1.29 is 9.53 Å². The number of anilines is 2. The molecule has 0 radical (unpaired) electrons. The maximum Gasteiger partial charge on any atom is 0.406 e. The summed E-state index contributed by atoms with van der Waals surface area (Å²) in [7, 11) is 1.56. The van der Waals surface area contributed by atoms with Crippen molar-refractivity contribution in [2.75, 3.05) is 25.1 Å². The number of aryl methyl sites for hydroxylation is 1. The Labute approximate surface area is 169 Å². The molecule has 0 aliphatic heterocycles. The first-order chi connectivity index (χ1) is 14.2. The number of benzene rings is 3. The van der Waals surface area contributed by atoms with Crippen LogP contribution < -0.4 is 10.2 Å². The Kier molecular flexibility index (Phi) is 5.29. The summed E-state index contributed by atoms with van der Waals surface area (Å²) in [6.07, 6.45) is -0.430. The Morgan fingerprint density at radius 2 is 1.76 bits per heavy atom. The van der Waals surface area contributed by atoms with E-state index in [0.717, 1.165) is 38.7 Å². The number of carbonyl (C=O) groups is 1. The number of amides is 1. The second-order valence-electron chi connectivity index (χ2n) is 6.85. The van der Waals surface area contributed by atoms with Crippen LogP contribution in [0.5, 0.6) is 0 Å². The predicted molar refractivity (Wildman–Crippen MR) is 118 cm³/mol. The van der Waals surface area contributed by atoms with Gasteiger partial charge in [0.05, 0.1) is 23.3 Å². The van der Waals surface area contributed by atoms with Gasteiger partial charge in [0.25, 0.3) is 0 Å². The fourth-order valence-corrected chi connectivity index (χ4v) is 3.58. The highest BCUT2D eigenvalue weighted by Crippen LogP contribution is 2.36. The molecule has 1 amide bonds. The van der Waals surface area contributed by atoms with Gasteiger partial charge >= 0.3 is 6.09 Å². The highest BCUT2D eigenvalue weighted by atomic mass is 16.5. The third-order valence-electron chi connectivity index (χ3n) is 4.96. The zero-order valence-corrected chi connectivity index (χ0v) is 16.6. The molecule has 1 heterocycles. The summed E-state index contributed by atoms with van der Waals surface area (Å²) < 4.78 is 5.28. The van der Waals surface area contributed by atoms with Crippen LogP contribution in [0, 0.1) is 6.92 Å². The lowest BCUT2D eigenvalue weighted by atomic mass is 10.0. The van der Waals surface area contributed by atoms with Gasteiger partial charge in [0, 0.05) is 23.5 Å². The topological polar surface area (TPSA) is 54.5 Å². The molecular weight excluding hydrogens is 362 g/mol. The molecule has 0 aliphatic carbocycles. The standard InChI is InChI=1S/C24H23N3O2/c1-17-12-13-22-20(16-18-8-6-7-11-21(18)26-22)23(17)27(14-15-29-24(28)25-2)19-9-4-3-5-10-19/h3-13,16H,14-15H2,1-2H3,(H,25,28). The van der Waals surface area contributed by atoms with Crippen molar-refractivity contribution in [2.45, 2.75) is 6.92 Å². The normalized spacial score (nSPS) is 10.8. The average molecular weight is 385 g/mol. The number of rotatable bonds is 5. The van der Waals surface area contributed by atoms with Gasteiger partial charge in [-0.2, -0.15) is 0 Å². The molecule has 0 aliphatic rings. The maximum absolute atomic E-state index is 11.5. The highest BCUT2D eigenvalue weighted by molar-refractivity contribution is 6.02. The molecular formula is C24H23N3O2. The molecule has 0 bridgehead atoms. The van der Waals surface area contributed by atoms with E-state index in [4.69, 9.17) is 9.72 Å². The lowest BCUT2D eigenvalue weighted by Gasteiger charge is -2.28. The van der Waals surface area contributed by atoms with Crippen molar-refractivity contribution >= 4 is 39.3 Å². The summed E-state index contributed by atoms with van der Waals surface area (Å²) in [5, 5.41) is 4.66. The molecule has 0 unspecified atom stereocenters. The van der Waals surface area contributed by atoms with E-state index in [-0.39, 0.29) is 6.61 Å². The third kappa shape index (κ3) is 3.85. The summed E-state index contributed by atoms with van der Waals surface area (Å²) in [6, 6.07) is 24.6. The molecule has 3 aromatic carbocycles. The van der Waals surface area contributed by atoms with Crippen LogP contribution >= 0.6 is 0 Å². The van der Waals surface area contributed by atoms with Crippen molar-refractivity contribution in [3.63, 3.8) is 0 Å². The first-order valence-electron chi connectivity index (χ1n) is 9.63. The highest BCUT2D eigenvalue weighted by Gasteiger charge is 2.17. The minimum atomic E-state index is -0.430.